The predicted molar refractivity (Wildman–Crippen MR) is 82.9 cm³/mol. The van der Waals surface area contributed by atoms with Gasteiger partial charge in [0.25, 0.3) is 5.91 Å². The topological polar surface area (TPSA) is 67.2 Å². The molecule has 0 aliphatic carbocycles. The molecule has 24 heavy (non-hydrogen) atoms. The monoisotopic (exact) mass is 334 g/mol. The van der Waals surface area contributed by atoms with Crippen LogP contribution in [0.4, 0.5) is 14.5 Å². The van der Waals surface area contributed by atoms with Gasteiger partial charge in [0.05, 0.1) is 6.04 Å². The highest BCUT2D eigenvalue weighted by atomic mass is 19.3. The van der Waals surface area contributed by atoms with Crippen molar-refractivity contribution >= 4 is 17.5 Å². The Morgan fingerprint density at radius 3 is 2.83 bits per heavy atom. The maximum absolute atomic E-state index is 12.5. The summed E-state index contributed by atoms with van der Waals surface area (Å²) >= 11 is 0. The summed E-state index contributed by atoms with van der Waals surface area (Å²) in [6.07, 6.45) is 1.20. The van der Waals surface area contributed by atoms with Gasteiger partial charge in [0.15, 0.2) is 0 Å². The van der Waals surface area contributed by atoms with Gasteiger partial charge in [0.2, 0.25) is 5.91 Å². The molecule has 1 aliphatic heterocycles. The zero-order valence-electron chi connectivity index (χ0n) is 12.9. The molecule has 1 atom stereocenters. The summed E-state index contributed by atoms with van der Waals surface area (Å²) in [4.78, 5) is 25.8. The summed E-state index contributed by atoms with van der Waals surface area (Å²) in [6.45, 7) is -0.525. The molecule has 126 valence electrons. The van der Waals surface area contributed by atoms with Gasteiger partial charge in [-0.25, -0.2) is 4.68 Å². The predicted octanol–water partition coefficient (Wildman–Crippen LogP) is 2.12. The molecule has 0 saturated carbocycles. The first-order valence-electron chi connectivity index (χ1n) is 7.45. The smallest absolute Gasteiger partial charge is 0.333 e. The van der Waals surface area contributed by atoms with Crippen molar-refractivity contribution in [3.8, 4) is 0 Å². The molecule has 2 heterocycles. The number of hydrogen-bond donors (Lipinski definition) is 1. The van der Waals surface area contributed by atoms with E-state index in [4.69, 9.17) is 0 Å². The molecule has 2 aromatic rings. The highest BCUT2D eigenvalue weighted by Gasteiger charge is 2.32. The van der Waals surface area contributed by atoms with E-state index in [0.717, 1.165) is 17.4 Å². The Bertz CT molecular complexity index is 775. The van der Waals surface area contributed by atoms with Crippen molar-refractivity contribution in [2.45, 2.75) is 25.9 Å². The SMILES string of the molecule is Cc1cccc(N2C[C@H](NC(=O)c3ccn(C(F)F)n3)CC2=O)c1. The number of aryl methyl sites for hydroxylation is 1. The highest BCUT2D eigenvalue weighted by Crippen LogP contribution is 2.22. The Kier molecular flexibility index (Phi) is 4.28. The van der Waals surface area contributed by atoms with Crippen molar-refractivity contribution in [2.75, 3.05) is 11.4 Å². The number of anilines is 1. The second-order valence-electron chi connectivity index (χ2n) is 5.68. The number of alkyl halides is 2. The van der Waals surface area contributed by atoms with Crippen molar-refractivity contribution in [2.24, 2.45) is 0 Å². The molecule has 8 heteroatoms. The summed E-state index contributed by atoms with van der Waals surface area (Å²) in [6, 6.07) is 8.36. The number of aromatic nitrogens is 2. The largest absolute Gasteiger partial charge is 0.346 e. The van der Waals surface area contributed by atoms with Crippen molar-refractivity contribution in [3.05, 3.63) is 47.8 Å². The second kappa shape index (κ2) is 6.38. The standard InChI is InChI=1S/C16H16F2N4O2/c1-10-3-2-4-12(7-10)21-9-11(8-14(21)23)19-15(24)13-5-6-22(20-13)16(17)18/h2-7,11,16H,8-9H2,1H3,(H,19,24)/t11-/m1/s1. The van der Waals surface area contributed by atoms with Crippen LogP contribution in [0, 0.1) is 6.92 Å². The fourth-order valence-electron chi connectivity index (χ4n) is 2.68. The average molecular weight is 334 g/mol. The van der Waals surface area contributed by atoms with E-state index >= 15 is 0 Å². The number of rotatable bonds is 4. The van der Waals surface area contributed by atoms with E-state index in [9.17, 15) is 18.4 Å². The summed E-state index contributed by atoms with van der Waals surface area (Å²) in [5, 5.41) is 6.19. The molecule has 2 amide bonds. The molecule has 1 aliphatic rings. The van der Waals surface area contributed by atoms with E-state index in [1.54, 1.807) is 4.90 Å². The molecular weight excluding hydrogens is 318 g/mol. The Hall–Kier alpha value is -2.77. The van der Waals surface area contributed by atoms with Crippen molar-refractivity contribution in [1.82, 2.24) is 15.1 Å². The lowest BCUT2D eigenvalue weighted by atomic mass is 10.2. The number of carbonyl (C=O) groups excluding carboxylic acids is 2. The maximum atomic E-state index is 12.5. The fourth-order valence-corrected chi connectivity index (χ4v) is 2.68. The Balaban J connectivity index is 1.66. The van der Waals surface area contributed by atoms with E-state index < -0.39 is 12.5 Å². The number of nitrogens with zero attached hydrogens (tertiary/aromatic N) is 3. The van der Waals surface area contributed by atoms with Gasteiger partial charge in [-0.05, 0) is 30.7 Å². The van der Waals surface area contributed by atoms with Crippen LogP contribution in [0.25, 0.3) is 0 Å². The van der Waals surface area contributed by atoms with Gasteiger partial charge in [-0.1, -0.05) is 12.1 Å². The zero-order valence-corrected chi connectivity index (χ0v) is 12.9. The van der Waals surface area contributed by atoms with Gasteiger partial charge < -0.3 is 10.2 Å². The molecular formula is C16H16F2N4O2. The number of nitrogens with one attached hydrogen (secondary N) is 1. The molecule has 0 radical (unpaired) electrons. The first kappa shape index (κ1) is 16.1. The first-order valence-corrected chi connectivity index (χ1v) is 7.45. The molecule has 1 aromatic carbocycles. The minimum Gasteiger partial charge on any atom is -0.346 e. The molecule has 0 spiro atoms. The molecule has 0 bridgehead atoms. The fraction of sp³-hybridized carbons (Fsp3) is 0.312. The summed E-state index contributed by atoms with van der Waals surface area (Å²) < 4.78 is 25.4. The molecule has 1 fully saturated rings. The number of halogens is 2. The Morgan fingerprint density at radius 2 is 2.17 bits per heavy atom. The van der Waals surface area contributed by atoms with Crippen LogP contribution < -0.4 is 10.2 Å². The van der Waals surface area contributed by atoms with Gasteiger partial charge in [-0.15, -0.1) is 0 Å². The third kappa shape index (κ3) is 3.27. The van der Waals surface area contributed by atoms with E-state index in [1.807, 2.05) is 31.2 Å². The number of amides is 2. The van der Waals surface area contributed by atoms with Crippen LogP contribution in [0.5, 0.6) is 0 Å². The van der Waals surface area contributed by atoms with E-state index in [-0.39, 0.29) is 24.1 Å². The van der Waals surface area contributed by atoms with Crippen molar-refractivity contribution in [1.29, 1.82) is 0 Å². The van der Waals surface area contributed by atoms with Crippen LogP contribution in [0.15, 0.2) is 36.5 Å². The minimum absolute atomic E-state index is 0.0935. The van der Waals surface area contributed by atoms with Crippen LogP contribution in [0.3, 0.4) is 0 Å². The molecule has 1 N–H and O–H groups in total. The van der Waals surface area contributed by atoms with Crippen LogP contribution in [0.1, 0.15) is 29.0 Å². The van der Waals surface area contributed by atoms with Gasteiger partial charge in [-0.3, -0.25) is 9.59 Å². The normalized spacial score (nSPS) is 17.6. The molecule has 3 rings (SSSR count). The van der Waals surface area contributed by atoms with E-state index in [1.165, 1.54) is 6.07 Å². The lowest BCUT2D eigenvalue weighted by Crippen LogP contribution is -2.37. The molecule has 1 saturated heterocycles. The third-order valence-corrected chi connectivity index (χ3v) is 3.81. The third-order valence-electron chi connectivity index (χ3n) is 3.81. The van der Waals surface area contributed by atoms with Gasteiger partial charge in [0, 0.05) is 24.8 Å². The van der Waals surface area contributed by atoms with Crippen molar-refractivity contribution < 1.29 is 18.4 Å². The number of carbonyl (C=O) groups is 2. The lowest BCUT2D eigenvalue weighted by molar-refractivity contribution is -0.117. The van der Waals surface area contributed by atoms with Crippen LogP contribution >= 0.6 is 0 Å². The lowest BCUT2D eigenvalue weighted by Gasteiger charge is -2.17. The van der Waals surface area contributed by atoms with Gasteiger partial charge in [0.1, 0.15) is 5.69 Å². The summed E-state index contributed by atoms with van der Waals surface area (Å²) in [7, 11) is 0. The van der Waals surface area contributed by atoms with Gasteiger partial charge in [-0.2, -0.15) is 13.9 Å². The van der Waals surface area contributed by atoms with Crippen LogP contribution in [0.2, 0.25) is 0 Å². The molecule has 6 nitrogen and oxygen atoms in total. The van der Waals surface area contributed by atoms with Crippen LogP contribution in [-0.2, 0) is 4.79 Å². The maximum Gasteiger partial charge on any atom is 0.333 e. The highest BCUT2D eigenvalue weighted by molar-refractivity contribution is 5.98. The molecule has 0 unspecified atom stereocenters. The molecule has 1 aromatic heterocycles. The first-order chi connectivity index (χ1) is 11.4. The Labute approximate surface area is 137 Å². The Morgan fingerprint density at radius 1 is 1.38 bits per heavy atom. The zero-order chi connectivity index (χ0) is 17.3. The quantitative estimate of drug-likeness (QED) is 0.931. The minimum atomic E-state index is -2.79. The summed E-state index contributed by atoms with van der Waals surface area (Å²) in [5.41, 5.74) is 1.71. The number of hydrogen-bond acceptors (Lipinski definition) is 3. The number of benzene rings is 1. The van der Waals surface area contributed by atoms with Crippen LogP contribution in [-0.4, -0.2) is 34.2 Å². The van der Waals surface area contributed by atoms with E-state index in [2.05, 4.69) is 10.4 Å². The van der Waals surface area contributed by atoms with E-state index in [0.29, 0.717) is 11.2 Å². The average Bonchev–Trinajstić information content (AvgIpc) is 3.14. The summed E-state index contributed by atoms with van der Waals surface area (Å²) in [5.74, 6) is -0.665. The van der Waals surface area contributed by atoms with Gasteiger partial charge >= 0.3 is 6.55 Å². The second-order valence-corrected chi connectivity index (χ2v) is 5.68. The van der Waals surface area contributed by atoms with Crippen molar-refractivity contribution in [3.63, 3.8) is 0 Å².